The minimum atomic E-state index is -2.80. The van der Waals surface area contributed by atoms with E-state index in [0.717, 1.165) is 5.56 Å². The maximum Gasteiger partial charge on any atom is 0.387 e. The smallest absolute Gasteiger partial charge is 0.387 e. The van der Waals surface area contributed by atoms with Crippen molar-refractivity contribution in [2.24, 2.45) is 5.41 Å². The van der Waals surface area contributed by atoms with E-state index < -0.39 is 6.61 Å². The number of alkyl halides is 2. The molecule has 0 radical (unpaired) electrons. The summed E-state index contributed by atoms with van der Waals surface area (Å²) in [5.74, 6) is 0.151. The predicted molar refractivity (Wildman–Crippen MR) is 65.1 cm³/mol. The van der Waals surface area contributed by atoms with Crippen LogP contribution in [0.1, 0.15) is 5.56 Å². The maximum atomic E-state index is 12.0. The molecule has 1 saturated heterocycles. The molecule has 1 heterocycles. The van der Waals surface area contributed by atoms with Crippen LogP contribution in [-0.4, -0.2) is 38.1 Å². The zero-order chi connectivity index (χ0) is 13.7. The van der Waals surface area contributed by atoms with Crippen LogP contribution in [0.25, 0.3) is 0 Å². The largest absolute Gasteiger partial charge is 0.435 e. The molecule has 1 aliphatic rings. The molecular formula is C13H17F2NO3. The Bertz CT molecular complexity index is 388. The van der Waals surface area contributed by atoms with Gasteiger partial charge in [-0.05, 0) is 17.7 Å². The molecule has 106 valence electrons. The van der Waals surface area contributed by atoms with Crippen LogP contribution in [-0.2, 0) is 11.3 Å². The molecule has 1 aliphatic heterocycles. The van der Waals surface area contributed by atoms with E-state index in [9.17, 15) is 13.9 Å². The first-order chi connectivity index (χ1) is 9.13. The van der Waals surface area contributed by atoms with Gasteiger partial charge in [0.1, 0.15) is 5.75 Å². The van der Waals surface area contributed by atoms with Crippen LogP contribution in [0, 0.1) is 5.41 Å². The van der Waals surface area contributed by atoms with Crippen molar-refractivity contribution in [1.29, 1.82) is 0 Å². The van der Waals surface area contributed by atoms with E-state index >= 15 is 0 Å². The minimum Gasteiger partial charge on any atom is -0.435 e. The van der Waals surface area contributed by atoms with Crippen LogP contribution in [0.3, 0.4) is 0 Å². The number of halogens is 2. The van der Waals surface area contributed by atoms with Crippen LogP contribution in [0.4, 0.5) is 8.78 Å². The molecule has 6 heteroatoms. The Labute approximate surface area is 110 Å². The molecule has 0 amide bonds. The fourth-order valence-electron chi connectivity index (χ4n) is 1.90. The molecule has 19 heavy (non-hydrogen) atoms. The Hall–Kier alpha value is -1.24. The summed E-state index contributed by atoms with van der Waals surface area (Å²) in [6, 6.07) is 6.48. The van der Waals surface area contributed by atoms with Gasteiger partial charge in [0.2, 0.25) is 0 Å². The standard InChI is InChI=1S/C13H17F2NO3/c14-12(15)19-11-3-1-10(2-4-11)5-16-6-13(7-17)8-18-9-13/h1-4,12,16-17H,5-9H2. The van der Waals surface area contributed by atoms with E-state index in [1.807, 2.05) is 0 Å². The van der Waals surface area contributed by atoms with Gasteiger partial charge in [-0.25, -0.2) is 0 Å². The van der Waals surface area contributed by atoms with Crippen molar-refractivity contribution in [3.05, 3.63) is 29.8 Å². The quantitative estimate of drug-likeness (QED) is 0.788. The highest BCUT2D eigenvalue weighted by Gasteiger charge is 2.37. The molecule has 0 bridgehead atoms. The Morgan fingerprint density at radius 3 is 2.47 bits per heavy atom. The molecule has 0 spiro atoms. The van der Waals surface area contributed by atoms with Crippen molar-refractivity contribution in [3.63, 3.8) is 0 Å². The van der Waals surface area contributed by atoms with Gasteiger partial charge in [0.05, 0.1) is 25.2 Å². The molecule has 0 aliphatic carbocycles. The summed E-state index contributed by atoms with van der Waals surface area (Å²) < 4.78 is 33.3. The maximum absolute atomic E-state index is 12.0. The fourth-order valence-corrected chi connectivity index (χ4v) is 1.90. The van der Waals surface area contributed by atoms with Gasteiger partial charge in [0, 0.05) is 13.1 Å². The molecule has 0 atom stereocenters. The number of rotatable bonds is 7. The fraction of sp³-hybridized carbons (Fsp3) is 0.538. The molecule has 2 rings (SSSR count). The lowest BCUT2D eigenvalue weighted by molar-refractivity contribution is -0.134. The van der Waals surface area contributed by atoms with Gasteiger partial charge in [-0.15, -0.1) is 0 Å². The first-order valence-corrected chi connectivity index (χ1v) is 6.07. The third kappa shape index (κ3) is 3.86. The number of ether oxygens (including phenoxy) is 2. The van der Waals surface area contributed by atoms with E-state index in [0.29, 0.717) is 26.3 Å². The average Bonchev–Trinajstić information content (AvgIpc) is 2.34. The van der Waals surface area contributed by atoms with Crippen LogP contribution < -0.4 is 10.1 Å². The van der Waals surface area contributed by atoms with Crippen molar-refractivity contribution in [2.75, 3.05) is 26.4 Å². The number of aliphatic hydroxyl groups excluding tert-OH is 1. The molecule has 4 nitrogen and oxygen atoms in total. The highest BCUT2D eigenvalue weighted by molar-refractivity contribution is 5.27. The Morgan fingerprint density at radius 2 is 2.00 bits per heavy atom. The van der Waals surface area contributed by atoms with Gasteiger partial charge in [0.25, 0.3) is 0 Å². The number of nitrogens with one attached hydrogen (secondary N) is 1. The second-order valence-corrected chi connectivity index (χ2v) is 4.78. The Balaban J connectivity index is 1.76. The average molecular weight is 273 g/mol. The van der Waals surface area contributed by atoms with Gasteiger partial charge in [-0.3, -0.25) is 0 Å². The zero-order valence-corrected chi connectivity index (χ0v) is 10.4. The number of benzene rings is 1. The van der Waals surface area contributed by atoms with Crippen molar-refractivity contribution < 1.29 is 23.4 Å². The van der Waals surface area contributed by atoms with Gasteiger partial charge in [0.15, 0.2) is 0 Å². The summed E-state index contributed by atoms with van der Waals surface area (Å²) in [7, 11) is 0. The molecule has 0 saturated carbocycles. The summed E-state index contributed by atoms with van der Waals surface area (Å²) in [4.78, 5) is 0. The van der Waals surface area contributed by atoms with Crippen molar-refractivity contribution >= 4 is 0 Å². The monoisotopic (exact) mass is 273 g/mol. The molecule has 1 fully saturated rings. The summed E-state index contributed by atoms with van der Waals surface area (Å²) in [6.07, 6.45) is 0. The van der Waals surface area contributed by atoms with Gasteiger partial charge in [-0.2, -0.15) is 8.78 Å². The van der Waals surface area contributed by atoms with Gasteiger partial charge >= 0.3 is 6.61 Å². The predicted octanol–water partition coefficient (Wildman–Crippen LogP) is 1.39. The van der Waals surface area contributed by atoms with E-state index in [4.69, 9.17) is 4.74 Å². The molecule has 1 aromatic carbocycles. The van der Waals surface area contributed by atoms with Crippen LogP contribution in [0.2, 0.25) is 0 Å². The lowest BCUT2D eigenvalue weighted by Crippen LogP contribution is -2.52. The van der Waals surface area contributed by atoms with Gasteiger partial charge < -0.3 is 19.9 Å². The van der Waals surface area contributed by atoms with E-state index in [-0.39, 0.29) is 17.8 Å². The van der Waals surface area contributed by atoms with Gasteiger partial charge in [-0.1, -0.05) is 12.1 Å². The molecule has 1 aromatic rings. The zero-order valence-electron chi connectivity index (χ0n) is 10.4. The van der Waals surface area contributed by atoms with Crippen molar-refractivity contribution in [2.45, 2.75) is 13.2 Å². The van der Waals surface area contributed by atoms with Crippen molar-refractivity contribution in [3.8, 4) is 5.75 Å². The van der Waals surface area contributed by atoms with E-state index in [1.165, 1.54) is 12.1 Å². The lowest BCUT2D eigenvalue weighted by Gasteiger charge is -2.40. The van der Waals surface area contributed by atoms with Crippen molar-refractivity contribution in [1.82, 2.24) is 5.32 Å². The lowest BCUT2D eigenvalue weighted by atomic mass is 9.87. The highest BCUT2D eigenvalue weighted by Crippen LogP contribution is 2.25. The summed E-state index contributed by atoms with van der Waals surface area (Å²) >= 11 is 0. The normalized spacial score (nSPS) is 17.3. The summed E-state index contributed by atoms with van der Waals surface area (Å²) in [6.45, 7) is -0.293. The highest BCUT2D eigenvalue weighted by atomic mass is 19.3. The van der Waals surface area contributed by atoms with E-state index in [1.54, 1.807) is 12.1 Å². The summed E-state index contributed by atoms with van der Waals surface area (Å²) in [5.41, 5.74) is 0.800. The molecule has 0 aromatic heterocycles. The summed E-state index contributed by atoms with van der Waals surface area (Å²) in [5, 5.41) is 12.5. The molecular weight excluding hydrogens is 256 g/mol. The third-order valence-corrected chi connectivity index (χ3v) is 3.13. The number of hydrogen-bond donors (Lipinski definition) is 2. The SMILES string of the molecule is OCC1(CNCc2ccc(OC(F)F)cc2)COC1. The first kappa shape index (κ1) is 14.2. The Kier molecular flexibility index (Phi) is 4.68. The number of hydrogen-bond acceptors (Lipinski definition) is 4. The van der Waals surface area contributed by atoms with Crippen LogP contribution in [0.15, 0.2) is 24.3 Å². The minimum absolute atomic E-state index is 0.0984. The second kappa shape index (κ2) is 6.27. The second-order valence-electron chi connectivity index (χ2n) is 4.78. The first-order valence-electron chi connectivity index (χ1n) is 6.07. The molecule has 2 N–H and O–H groups in total. The van der Waals surface area contributed by atoms with E-state index in [2.05, 4.69) is 10.1 Å². The third-order valence-electron chi connectivity index (χ3n) is 3.13. The van der Waals surface area contributed by atoms with Crippen LogP contribution in [0.5, 0.6) is 5.75 Å². The number of aliphatic hydroxyl groups is 1. The topological polar surface area (TPSA) is 50.7 Å². The van der Waals surface area contributed by atoms with Crippen LogP contribution >= 0.6 is 0 Å². The Morgan fingerprint density at radius 1 is 1.32 bits per heavy atom. The molecule has 0 unspecified atom stereocenters.